The number of aromatic nitrogens is 4. The summed E-state index contributed by atoms with van der Waals surface area (Å²) in [4.78, 5) is 4.08. The molecule has 1 saturated carbocycles. The minimum atomic E-state index is 0.0620. The number of hydrogen-bond donors (Lipinski definition) is 0. The van der Waals surface area contributed by atoms with Gasteiger partial charge in [-0.15, -0.1) is 16.8 Å². The van der Waals surface area contributed by atoms with Crippen molar-refractivity contribution in [3.8, 4) is 11.4 Å². The van der Waals surface area contributed by atoms with E-state index in [2.05, 4.69) is 26.3 Å². The first-order valence-corrected chi connectivity index (χ1v) is 9.52. The summed E-state index contributed by atoms with van der Waals surface area (Å²) in [6, 6.07) is 3.92. The Bertz CT molecular complexity index is 705. The average Bonchev–Trinajstić information content (AvgIpc) is 3.28. The second-order valence-electron chi connectivity index (χ2n) is 6.52. The SMILES string of the molecule is C=CCn1c(SC[C@]23CCC[C@H]2CCO3)nnc1-c1ccncc1. The van der Waals surface area contributed by atoms with E-state index in [-0.39, 0.29) is 5.60 Å². The standard InChI is InChI=1S/C18H22N4OS/c1-2-11-22-16(14-5-9-19-10-6-14)20-21-17(22)24-13-18-8-3-4-15(18)7-12-23-18/h2,5-6,9-10,15H,1,3-4,7-8,11-13H2/t15-,18+/m0/s1. The molecule has 0 aromatic carbocycles. The fraction of sp³-hybridized carbons (Fsp3) is 0.500. The molecule has 1 aliphatic carbocycles. The van der Waals surface area contributed by atoms with Crippen LogP contribution in [0.1, 0.15) is 25.7 Å². The first-order valence-electron chi connectivity index (χ1n) is 8.54. The zero-order valence-electron chi connectivity index (χ0n) is 13.7. The van der Waals surface area contributed by atoms with E-state index in [1.54, 1.807) is 24.2 Å². The van der Waals surface area contributed by atoms with E-state index in [9.17, 15) is 0 Å². The summed E-state index contributed by atoms with van der Waals surface area (Å²) in [7, 11) is 0. The highest BCUT2D eigenvalue weighted by atomic mass is 32.2. The van der Waals surface area contributed by atoms with Crippen LogP contribution in [0.4, 0.5) is 0 Å². The van der Waals surface area contributed by atoms with Crippen molar-refractivity contribution in [2.24, 2.45) is 5.92 Å². The molecule has 0 unspecified atom stereocenters. The number of thioether (sulfide) groups is 1. The normalized spacial score (nSPS) is 25.8. The first-order chi connectivity index (χ1) is 11.8. The molecule has 2 aliphatic rings. The molecular weight excluding hydrogens is 320 g/mol. The van der Waals surface area contributed by atoms with Gasteiger partial charge < -0.3 is 4.74 Å². The van der Waals surface area contributed by atoms with Crippen LogP contribution in [0.15, 0.2) is 42.3 Å². The Labute approximate surface area is 146 Å². The van der Waals surface area contributed by atoms with Crippen LogP contribution >= 0.6 is 11.8 Å². The molecule has 1 saturated heterocycles. The Morgan fingerprint density at radius 2 is 2.21 bits per heavy atom. The van der Waals surface area contributed by atoms with E-state index in [0.29, 0.717) is 6.54 Å². The Morgan fingerprint density at radius 3 is 3.04 bits per heavy atom. The lowest BCUT2D eigenvalue weighted by Gasteiger charge is -2.27. The van der Waals surface area contributed by atoms with Gasteiger partial charge in [0.15, 0.2) is 11.0 Å². The number of hydrogen-bond acceptors (Lipinski definition) is 5. The van der Waals surface area contributed by atoms with Crippen LogP contribution in [-0.4, -0.2) is 37.7 Å². The second kappa shape index (κ2) is 6.69. The monoisotopic (exact) mass is 342 g/mol. The molecule has 2 fully saturated rings. The summed E-state index contributed by atoms with van der Waals surface area (Å²) < 4.78 is 8.30. The van der Waals surface area contributed by atoms with E-state index in [4.69, 9.17) is 4.74 Å². The van der Waals surface area contributed by atoms with Crippen LogP contribution in [-0.2, 0) is 11.3 Å². The number of pyridine rings is 1. The van der Waals surface area contributed by atoms with Gasteiger partial charge in [0.1, 0.15) is 0 Å². The number of allylic oxidation sites excluding steroid dienone is 1. The van der Waals surface area contributed by atoms with Crippen LogP contribution in [0.2, 0.25) is 0 Å². The summed E-state index contributed by atoms with van der Waals surface area (Å²) in [6.45, 7) is 5.49. The highest BCUT2D eigenvalue weighted by molar-refractivity contribution is 7.99. The van der Waals surface area contributed by atoms with Crippen LogP contribution in [0.3, 0.4) is 0 Å². The fourth-order valence-electron chi connectivity index (χ4n) is 3.94. The van der Waals surface area contributed by atoms with E-state index >= 15 is 0 Å². The summed E-state index contributed by atoms with van der Waals surface area (Å²) in [5, 5.41) is 9.79. The molecule has 24 heavy (non-hydrogen) atoms. The maximum absolute atomic E-state index is 6.17. The molecule has 4 rings (SSSR count). The summed E-state index contributed by atoms with van der Waals surface area (Å²) in [5.74, 6) is 2.55. The average molecular weight is 342 g/mol. The van der Waals surface area contributed by atoms with Gasteiger partial charge in [-0.25, -0.2) is 0 Å². The topological polar surface area (TPSA) is 52.8 Å². The highest BCUT2D eigenvalue weighted by Gasteiger charge is 2.47. The van der Waals surface area contributed by atoms with Crippen LogP contribution < -0.4 is 0 Å². The molecule has 0 spiro atoms. The highest BCUT2D eigenvalue weighted by Crippen LogP contribution is 2.47. The third-order valence-electron chi connectivity index (χ3n) is 5.17. The zero-order valence-corrected chi connectivity index (χ0v) is 14.5. The lowest BCUT2D eigenvalue weighted by Crippen LogP contribution is -2.33. The Morgan fingerprint density at radius 1 is 1.33 bits per heavy atom. The van der Waals surface area contributed by atoms with Gasteiger partial charge in [-0.05, 0) is 37.3 Å². The van der Waals surface area contributed by atoms with Crippen molar-refractivity contribution in [1.29, 1.82) is 0 Å². The minimum Gasteiger partial charge on any atom is -0.374 e. The predicted octanol–water partition coefficient (Wildman–Crippen LogP) is 3.58. The van der Waals surface area contributed by atoms with Crippen molar-refractivity contribution in [2.45, 2.75) is 43.0 Å². The Kier molecular flexibility index (Phi) is 4.41. The van der Waals surface area contributed by atoms with Crippen LogP contribution in [0, 0.1) is 5.92 Å². The fourth-order valence-corrected chi connectivity index (χ4v) is 5.19. The van der Waals surface area contributed by atoms with Crippen LogP contribution in [0.5, 0.6) is 0 Å². The first kappa shape index (κ1) is 15.8. The third-order valence-corrected chi connectivity index (χ3v) is 6.36. The summed E-state index contributed by atoms with van der Waals surface area (Å²) >= 11 is 1.77. The second-order valence-corrected chi connectivity index (χ2v) is 7.46. The lowest BCUT2D eigenvalue weighted by atomic mass is 9.93. The molecule has 0 amide bonds. The minimum absolute atomic E-state index is 0.0620. The molecule has 1 aliphatic heterocycles. The number of fused-ring (bicyclic) bond motifs is 1. The molecule has 0 radical (unpaired) electrons. The largest absolute Gasteiger partial charge is 0.374 e. The molecule has 3 heterocycles. The molecule has 126 valence electrons. The van der Waals surface area contributed by atoms with E-state index in [1.165, 1.54) is 25.7 Å². The van der Waals surface area contributed by atoms with Crippen molar-refractivity contribution in [3.63, 3.8) is 0 Å². The van der Waals surface area contributed by atoms with Gasteiger partial charge in [-0.3, -0.25) is 9.55 Å². The number of nitrogens with zero attached hydrogens (tertiary/aromatic N) is 4. The number of rotatable bonds is 6. The maximum atomic E-state index is 6.17. The van der Waals surface area contributed by atoms with Gasteiger partial charge in [0.2, 0.25) is 0 Å². The maximum Gasteiger partial charge on any atom is 0.191 e. The van der Waals surface area contributed by atoms with Crippen molar-refractivity contribution in [2.75, 3.05) is 12.4 Å². The van der Waals surface area contributed by atoms with Crippen LogP contribution in [0.25, 0.3) is 11.4 Å². The Hall–Kier alpha value is -1.66. The molecular formula is C18H22N4OS. The molecule has 2 atom stereocenters. The van der Waals surface area contributed by atoms with E-state index < -0.39 is 0 Å². The van der Waals surface area contributed by atoms with Crippen molar-refractivity contribution >= 4 is 11.8 Å². The molecule has 0 N–H and O–H groups in total. The zero-order chi connectivity index (χ0) is 16.4. The third kappa shape index (κ3) is 2.78. The van der Waals surface area contributed by atoms with Gasteiger partial charge in [-0.1, -0.05) is 24.3 Å². The van der Waals surface area contributed by atoms with Crippen molar-refractivity contribution in [3.05, 3.63) is 37.2 Å². The van der Waals surface area contributed by atoms with Gasteiger partial charge in [0.25, 0.3) is 0 Å². The van der Waals surface area contributed by atoms with Crippen molar-refractivity contribution in [1.82, 2.24) is 19.7 Å². The van der Waals surface area contributed by atoms with Gasteiger partial charge in [0.05, 0.1) is 5.60 Å². The summed E-state index contributed by atoms with van der Waals surface area (Å²) in [5.41, 5.74) is 1.09. The summed E-state index contributed by atoms with van der Waals surface area (Å²) in [6.07, 6.45) is 10.4. The van der Waals surface area contributed by atoms with E-state index in [0.717, 1.165) is 34.8 Å². The molecule has 2 aromatic heterocycles. The predicted molar refractivity (Wildman–Crippen MR) is 94.8 cm³/mol. The lowest BCUT2D eigenvalue weighted by molar-refractivity contribution is 0.0127. The van der Waals surface area contributed by atoms with Gasteiger partial charge in [0, 0.05) is 36.9 Å². The molecule has 5 nitrogen and oxygen atoms in total. The number of ether oxygens (including phenoxy) is 1. The van der Waals surface area contributed by atoms with Crippen molar-refractivity contribution < 1.29 is 4.74 Å². The Balaban J connectivity index is 1.57. The quantitative estimate of drug-likeness (QED) is 0.593. The molecule has 2 aromatic rings. The molecule has 6 heteroatoms. The van der Waals surface area contributed by atoms with E-state index in [1.807, 2.05) is 18.2 Å². The van der Waals surface area contributed by atoms with Gasteiger partial charge >= 0.3 is 0 Å². The smallest absolute Gasteiger partial charge is 0.191 e. The molecule has 0 bridgehead atoms. The van der Waals surface area contributed by atoms with Gasteiger partial charge in [-0.2, -0.15) is 0 Å².